The SMILES string of the molecule is [2H]CCCC(=O)OC/C=C(\C)CCC=C(C)C. The third kappa shape index (κ3) is 9.50. The first-order valence-corrected chi connectivity index (χ1v) is 5.80. The molecule has 0 aliphatic rings. The molecular weight excluding hydrogens is 200 g/mol. The van der Waals surface area contributed by atoms with Gasteiger partial charge in [-0.3, -0.25) is 4.79 Å². The standard InChI is InChI=1S/C14H24O2/c1-5-7-14(15)16-11-10-13(4)9-6-8-12(2)3/h8,10H,5-7,9,11H2,1-4H3/b13-10+/i1D. The van der Waals surface area contributed by atoms with Crippen LogP contribution in [0.15, 0.2) is 23.3 Å². The lowest BCUT2D eigenvalue weighted by molar-refractivity contribution is -0.142. The molecule has 0 aliphatic carbocycles. The molecule has 0 fully saturated rings. The van der Waals surface area contributed by atoms with Crippen molar-refractivity contribution in [3.05, 3.63) is 23.3 Å². The summed E-state index contributed by atoms with van der Waals surface area (Å²) in [5.74, 6) is -0.203. The van der Waals surface area contributed by atoms with Gasteiger partial charge in [-0.25, -0.2) is 0 Å². The van der Waals surface area contributed by atoms with Crippen LogP contribution in [0.1, 0.15) is 54.7 Å². The van der Waals surface area contributed by atoms with Crippen LogP contribution in [0.2, 0.25) is 0 Å². The van der Waals surface area contributed by atoms with Crippen LogP contribution in [-0.2, 0) is 9.53 Å². The lowest BCUT2D eigenvalue weighted by atomic mass is 10.1. The summed E-state index contributed by atoms with van der Waals surface area (Å²) in [6, 6.07) is 0. The zero-order valence-corrected chi connectivity index (χ0v) is 10.7. The van der Waals surface area contributed by atoms with Gasteiger partial charge in [0.1, 0.15) is 6.61 Å². The Morgan fingerprint density at radius 1 is 1.25 bits per heavy atom. The highest BCUT2D eigenvalue weighted by Gasteiger charge is 1.98. The summed E-state index contributed by atoms with van der Waals surface area (Å²) in [5.41, 5.74) is 2.58. The molecule has 0 saturated heterocycles. The monoisotopic (exact) mass is 225 g/mol. The van der Waals surface area contributed by atoms with Crippen molar-refractivity contribution in [3.8, 4) is 0 Å². The van der Waals surface area contributed by atoms with E-state index < -0.39 is 0 Å². The molecule has 0 bridgehead atoms. The van der Waals surface area contributed by atoms with Gasteiger partial charge >= 0.3 is 5.97 Å². The number of carbonyl (C=O) groups is 1. The summed E-state index contributed by atoms with van der Waals surface area (Å²) in [6.07, 6.45) is 7.15. The maximum absolute atomic E-state index is 11.1. The van der Waals surface area contributed by atoms with Crippen molar-refractivity contribution in [1.82, 2.24) is 0 Å². The predicted octanol–water partition coefficient (Wildman–Crippen LogP) is 4.02. The third-order valence-electron chi connectivity index (χ3n) is 2.15. The van der Waals surface area contributed by atoms with Crippen molar-refractivity contribution in [2.75, 3.05) is 6.61 Å². The Bertz CT molecular complexity index is 276. The van der Waals surface area contributed by atoms with E-state index in [0.717, 1.165) is 12.8 Å². The van der Waals surface area contributed by atoms with Crippen LogP contribution in [0.25, 0.3) is 0 Å². The highest BCUT2D eigenvalue weighted by Crippen LogP contribution is 2.06. The molecule has 0 saturated carbocycles. The molecule has 0 N–H and O–H groups in total. The van der Waals surface area contributed by atoms with Crippen LogP contribution in [0.3, 0.4) is 0 Å². The first-order valence-electron chi connectivity index (χ1n) is 6.50. The fourth-order valence-corrected chi connectivity index (χ4v) is 1.18. The van der Waals surface area contributed by atoms with Crippen LogP contribution in [0, 0.1) is 0 Å². The summed E-state index contributed by atoms with van der Waals surface area (Å²) < 4.78 is 12.0. The zero-order valence-electron chi connectivity index (χ0n) is 11.7. The number of rotatable bonds is 7. The number of ether oxygens (including phenoxy) is 1. The van der Waals surface area contributed by atoms with Crippen molar-refractivity contribution in [1.29, 1.82) is 0 Å². The molecule has 0 heterocycles. The van der Waals surface area contributed by atoms with Gasteiger partial charge in [0.05, 0.1) is 0 Å². The summed E-state index contributed by atoms with van der Waals surface area (Å²) in [7, 11) is 0. The van der Waals surface area contributed by atoms with Gasteiger partial charge in [0.15, 0.2) is 0 Å². The van der Waals surface area contributed by atoms with Crippen LogP contribution < -0.4 is 0 Å². The fourth-order valence-electron chi connectivity index (χ4n) is 1.18. The molecule has 0 aromatic carbocycles. The molecule has 0 atom stereocenters. The van der Waals surface area contributed by atoms with E-state index in [2.05, 4.69) is 26.8 Å². The molecular formula is C14H24O2. The van der Waals surface area contributed by atoms with E-state index in [0.29, 0.717) is 19.4 Å². The molecule has 2 heteroatoms. The molecule has 0 radical (unpaired) electrons. The Labute approximate surface area is 101 Å². The fraction of sp³-hybridized carbons (Fsp3) is 0.643. The van der Waals surface area contributed by atoms with Gasteiger partial charge in [-0.05, 0) is 46.1 Å². The second kappa shape index (κ2) is 9.20. The van der Waals surface area contributed by atoms with Crippen molar-refractivity contribution in [3.63, 3.8) is 0 Å². The average Bonchev–Trinajstić information content (AvgIpc) is 2.25. The normalized spacial score (nSPS) is 11.9. The second-order valence-corrected chi connectivity index (χ2v) is 4.16. The predicted molar refractivity (Wildman–Crippen MR) is 68.3 cm³/mol. The van der Waals surface area contributed by atoms with Crippen LogP contribution in [0.5, 0.6) is 0 Å². The molecule has 0 aromatic heterocycles. The quantitative estimate of drug-likeness (QED) is 0.483. The Hall–Kier alpha value is -1.05. The first-order chi connectivity index (χ1) is 8.06. The molecule has 0 rings (SSSR count). The Morgan fingerprint density at radius 3 is 2.62 bits per heavy atom. The Morgan fingerprint density at radius 2 is 2.00 bits per heavy atom. The van der Waals surface area contributed by atoms with E-state index in [1.165, 1.54) is 11.1 Å². The molecule has 2 nitrogen and oxygen atoms in total. The van der Waals surface area contributed by atoms with Gasteiger partial charge in [0.25, 0.3) is 0 Å². The molecule has 92 valence electrons. The molecule has 0 amide bonds. The number of hydrogen-bond donors (Lipinski definition) is 0. The smallest absolute Gasteiger partial charge is 0.306 e. The average molecular weight is 225 g/mol. The van der Waals surface area contributed by atoms with Gasteiger partial charge in [-0.1, -0.05) is 24.1 Å². The van der Waals surface area contributed by atoms with Crippen molar-refractivity contribution in [2.24, 2.45) is 0 Å². The maximum Gasteiger partial charge on any atom is 0.306 e. The number of carbonyl (C=O) groups excluding carboxylic acids is 1. The minimum Gasteiger partial charge on any atom is -0.461 e. The number of allylic oxidation sites excluding steroid dienone is 3. The summed E-state index contributed by atoms with van der Waals surface area (Å²) >= 11 is 0. The molecule has 0 aliphatic heterocycles. The molecule has 16 heavy (non-hydrogen) atoms. The maximum atomic E-state index is 11.1. The zero-order chi connectivity index (χ0) is 13.1. The van der Waals surface area contributed by atoms with Gasteiger partial charge in [0.2, 0.25) is 0 Å². The largest absolute Gasteiger partial charge is 0.461 e. The number of hydrogen-bond acceptors (Lipinski definition) is 2. The minimum atomic E-state index is -0.203. The van der Waals surface area contributed by atoms with Crippen molar-refractivity contribution in [2.45, 2.75) is 53.4 Å². The van der Waals surface area contributed by atoms with Gasteiger partial charge < -0.3 is 4.74 Å². The Balaban J connectivity index is 3.69. The van der Waals surface area contributed by atoms with Gasteiger partial charge in [-0.2, -0.15) is 0 Å². The van der Waals surface area contributed by atoms with E-state index in [9.17, 15) is 4.79 Å². The highest BCUT2D eigenvalue weighted by atomic mass is 16.5. The van der Waals surface area contributed by atoms with E-state index in [1.54, 1.807) is 0 Å². The topological polar surface area (TPSA) is 26.3 Å². The summed E-state index contributed by atoms with van der Waals surface area (Å²) in [4.78, 5) is 11.1. The lowest BCUT2D eigenvalue weighted by Crippen LogP contribution is -2.03. The summed E-state index contributed by atoms with van der Waals surface area (Å²) in [6.45, 7) is 6.88. The van der Waals surface area contributed by atoms with Gasteiger partial charge in [-0.15, -0.1) is 0 Å². The molecule has 0 spiro atoms. The van der Waals surface area contributed by atoms with E-state index in [-0.39, 0.29) is 12.9 Å². The first kappa shape index (κ1) is 13.0. The van der Waals surface area contributed by atoms with Crippen molar-refractivity contribution < 1.29 is 10.9 Å². The third-order valence-corrected chi connectivity index (χ3v) is 2.15. The van der Waals surface area contributed by atoms with Crippen LogP contribution >= 0.6 is 0 Å². The van der Waals surface area contributed by atoms with E-state index in [4.69, 9.17) is 6.11 Å². The van der Waals surface area contributed by atoms with Gasteiger partial charge in [0, 0.05) is 7.79 Å². The van der Waals surface area contributed by atoms with E-state index in [1.807, 2.05) is 6.08 Å². The van der Waals surface area contributed by atoms with E-state index >= 15 is 0 Å². The number of esters is 1. The molecule has 0 aromatic rings. The Kier molecular flexibility index (Phi) is 7.48. The highest BCUT2D eigenvalue weighted by molar-refractivity contribution is 5.69. The van der Waals surface area contributed by atoms with Crippen molar-refractivity contribution >= 4 is 5.97 Å². The van der Waals surface area contributed by atoms with Crippen LogP contribution in [0.4, 0.5) is 0 Å². The van der Waals surface area contributed by atoms with Crippen LogP contribution in [-0.4, -0.2) is 12.6 Å². The second-order valence-electron chi connectivity index (χ2n) is 4.16. The molecule has 0 unspecified atom stereocenters. The lowest BCUT2D eigenvalue weighted by Gasteiger charge is -2.02. The minimum absolute atomic E-state index is 0.203. The summed E-state index contributed by atoms with van der Waals surface area (Å²) in [5, 5.41) is 0.